The van der Waals surface area contributed by atoms with Gasteiger partial charge in [-0.15, -0.1) is 0 Å². The molecule has 7 heterocycles. The molecule has 7 rings (SSSR count). The van der Waals surface area contributed by atoms with Crippen molar-refractivity contribution < 1.29 is 4.74 Å². The van der Waals surface area contributed by atoms with Crippen LogP contribution in [-0.2, 0) is 4.74 Å². The summed E-state index contributed by atoms with van der Waals surface area (Å²) in [7, 11) is 0. The summed E-state index contributed by atoms with van der Waals surface area (Å²) in [4.78, 5) is 11.9. The molecule has 0 aromatic carbocycles. The molecule has 0 spiro atoms. The highest BCUT2D eigenvalue weighted by Gasteiger charge is 2.35. The van der Waals surface area contributed by atoms with E-state index in [0.29, 0.717) is 0 Å². The summed E-state index contributed by atoms with van der Waals surface area (Å²) < 4.78 is 9.98. The number of pyridine rings is 1. The molecule has 2 bridgehead atoms. The largest absolute Gasteiger partial charge is 0.371 e. The van der Waals surface area contributed by atoms with Crippen molar-refractivity contribution in [3.05, 3.63) is 59.9 Å². The fraction of sp³-hybridized carbons (Fsp3) is 0.346. The maximum Gasteiger partial charge on any atom is 0.167 e. The minimum atomic E-state index is 0.266. The van der Waals surface area contributed by atoms with Crippen molar-refractivity contribution in [1.29, 1.82) is 0 Å². The van der Waals surface area contributed by atoms with Crippen molar-refractivity contribution in [3.63, 3.8) is 0 Å². The van der Waals surface area contributed by atoms with Crippen LogP contribution in [0.1, 0.15) is 29.8 Å². The monoisotopic (exact) mass is 481 g/mol. The van der Waals surface area contributed by atoms with Crippen LogP contribution >= 0.6 is 0 Å². The van der Waals surface area contributed by atoms with E-state index in [0.717, 1.165) is 82.5 Å². The third kappa shape index (κ3) is 3.32. The molecule has 10 heteroatoms. The zero-order chi connectivity index (χ0) is 24.4. The molecule has 0 aliphatic carbocycles. The molecule has 2 atom stereocenters. The topological polar surface area (TPSA) is 102 Å². The van der Waals surface area contributed by atoms with Gasteiger partial charge in [0.1, 0.15) is 5.82 Å². The smallest absolute Gasteiger partial charge is 0.167 e. The number of morpholine rings is 1. The molecule has 0 radical (unpaired) electrons. The number of nitrogens with zero attached hydrogens (tertiary/aromatic N) is 8. The van der Waals surface area contributed by atoms with Crippen LogP contribution in [0.25, 0.3) is 33.8 Å². The van der Waals surface area contributed by atoms with Crippen LogP contribution in [0.4, 0.5) is 5.82 Å². The molecule has 2 aliphatic heterocycles. The number of ether oxygens (including phenoxy) is 1. The van der Waals surface area contributed by atoms with Gasteiger partial charge in [-0.25, -0.2) is 14.2 Å². The van der Waals surface area contributed by atoms with Crippen LogP contribution < -0.4 is 4.90 Å². The van der Waals surface area contributed by atoms with Gasteiger partial charge in [0.2, 0.25) is 0 Å². The summed E-state index contributed by atoms with van der Waals surface area (Å²) in [5.74, 6) is 0.933. The van der Waals surface area contributed by atoms with Crippen LogP contribution in [0.3, 0.4) is 0 Å². The summed E-state index contributed by atoms with van der Waals surface area (Å²) in [6, 6.07) is 6.19. The number of aromatic nitrogens is 8. The van der Waals surface area contributed by atoms with Gasteiger partial charge in [-0.1, -0.05) is 0 Å². The van der Waals surface area contributed by atoms with Crippen molar-refractivity contribution in [3.8, 4) is 28.2 Å². The van der Waals surface area contributed by atoms with Crippen molar-refractivity contribution in [2.45, 2.75) is 45.8 Å². The summed E-state index contributed by atoms with van der Waals surface area (Å²) in [6.07, 6.45) is 10.0. The predicted octanol–water partition coefficient (Wildman–Crippen LogP) is 3.66. The number of fused-ring (bicyclic) bond motifs is 3. The molecular weight excluding hydrogens is 454 g/mol. The summed E-state index contributed by atoms with van der Waals surface area (Å²) in [5, 5.41) is 16.9. The van der Waals surface area contributed by atoms with Gasteiger partial charge in [-0.05, 0) is 51.3 Å². The summed E-state index contributed by atoms with van der Waals surface area (Å²) >= 11 is 0. The molecule has 182 valence electrons. The quantitative estimate of drug-likeness (QED) is 0.418. The molecule has 5 aromatic heterocycles. The zero-order valence-electron chi connectivity index (χ0n) is 20.5. The van der Waals surface area contributed by atoms with Gasteiger partial charge < -0.3 is 9.64 Å². The Morgan fingerprint density at radius 2 is 1.86 bits per heavy atom. The first kappa shape index (κ1) is 21.3. The van der Waals surface area contributed by atoms with Crippen molar-refractivity contribution in [1.82, 2.24) is 39.6 Å². The number of H-pyrrole nitrogens is 1. The fourth-order valence-electron chi connectivity index (χ4n) is 5.61. The Kier molecular flexibility index (Phi) is 4.72. The van der Waals surface area contributed by atoms with Gasteiger partial charge in [0, 0.05) is 37.1 Å². The predicted molar refractivity (Wildman–Crippen MR) is 135 cm³/mol. The third-order valence-corrected chi connectivity index (χ3v) is 7.27. The van der Waals surface area contributed by atoms with Crippen LogP contribution in [0.2, 0.25) is 0 Å². The first-order chi connectivity index (χ1) is 17.5. The highest BCUT2D eigenvalue weighted by molar-refractivity contribution is 5.80. The van der Waals surface area contributed by atoms with Crippen LogP contribution in [0.5, 0.6) is 0 Å². The summed E-state index contributed by atoms with van der Waals surface area (Å²) in [6.45, 7) is 7.87. The molecule has 2 unspecified atom stereocenters. The number of rotatable bonds is 4. The molecule has 36 heavy (non-hydrogen) atoms. The van der Waals surface area contributed by atoms with E-state index in [1.54, 1.807) is 6.20 Å². The van der Waals surface area contributed by atoms with E-state index >= 15 is 0 Å². The van der Waals surface area contributed by atoms with E-state index in [1.807, 2.05) is 47.7 Å². The molecule has 0 amide bonds. The van der Waals surface area contributed by atoms with E-state index in [2.05, 4.69) is 39.1 Å². The first-order valence-corrected chi connectivity index (χ1v) is 12.3. The Hall–Kier alpha value is -4.05. The van der Waals surface area contributed by atoms with Gasteiger partial charge in [0.05, 0.1) is 58.6 Å². The number of aromatic amines is 1. The molecular formula is C26H27N9O. The standard InChI is InChI=1S/C26H27N9O/c1-15-8-18(11-27-10-15)34-17(3)25(16(2)32-34)23-9-24(33-13-19-4-5-20(14-33)36-19)30-26-21(12-29-35(23)26)22-6-7-28-31-22/h6-12,19-20H,4-5,13-14H2,1-3H3,(H,28,31). The first-order valence-electron chi connectivity index (χ1n) is 12.3. The number of hydrogen-bond acceptors (Lipinski definition) is 7. The molecule has 10 nitrogen and oxygen atoms in total. The van der Waals surface area contributed by atoms with Gasteiger partial charge in [-0.2, -0.15) is 15.3 Å². The zero-order valence-corrected chi connectivity index (χ0v) is 20.5. The lowest BCUT2D eigenvalue weighted by Crippen LogP contribution is -2.43. The van der Waals surface area contributed by atoms with E-state index < -0.39 is 0 Å². The molecule has 1 N–H and O–H groups in total. The highest BCUT2D eigenvalue weighted by Crippen LogP contribution is 2.36. The molecule has 0 saturated carbocycles. The molecule has 5 aromatic rings. The molecule has 2 fully saturated rings. The van der Waals surface area contributed by atoms with E-state index in [1.165, 1.54) is 0 Å². The van der Waals surface area contributed by atoms with Gasteiger partial charge in [0.15, 0.2) is 5.65 Å². The second-order valence-electron chi connectivity index (χ2n) is 9.80. The highest BCUT2D eigenvalue weighted by atomic mass is 16.5. The SMILES string of the molecule is Cc1cncc(-n2nc(C)c(-c3cc(N4CC5CCC(C4)O5)nc4c(-c5ccn[nH]5)cnn34)c2C)c1. The Labute approximate surface area is 207 Å². The maximum atomic E-state index is 6.10. The molecule has 2 aliphatic rings. The van der Waals surface area contributed by atoms with Gasteiger partial charge in [-0.3, -0.25) is 10.1 Å². The third-order valence-electron chi connectivity index (χ3n) is 7.27. The van der Waals surface area contributed by atoms with Crippen molar-refractivity contribution in [2.24, 2.45) is 0 Å². The lowest BCUT2D eigenvalue weighted by atomic mass is 10.1. The Bertz CT molecular complexity index is 1570. The van der Waals surface area contributed by atoms with Gasteiger partial charge >= 0.3 is 0 Å². The van der Waals surface area contributed by atoms with E-state index in [4.69, 9.17) is 19.9 Å². The number of hydrogen-bond donors (Lipinski definition) is 1. The second-order valence-corrected chi connectivity index (χ2v) is 9.80. The van der Waals surface area contributed by atoms with Crippen molar-refractivity contribution >= 4 is 11.5 Å². The minimum Gasteiger partial charge on any atom is -0.371 e. The normalized spacial score (nSPS) is 19.5. The Balaban J connectivity index is 1.44. The Morgan fingerprint density at radius 3 is 2.61 bits per heavy atom. The van der Waals surface area contributed by atoms with Crippen LogP contribution in [-0.4, -0.2) is 64.9 Å². The maximum absolute atomic E-state index is 6.10. The van der Waals surface area contributed by atoms with Crippen LogP contribution in [0.15, 0.2) is 43.0 Å². The van der Waals surface area contributed by atoms with Gasteiger partial charge in [0.25, 0.3) is 0 Å². The van der Waals surface area contributed by atoms with E-state index in [-0.39, 0.29) is 12.2 Å². The lowest BCUT2D eigenvalue weighted by Gasteiger charge is -2.33. The second kappa shape index (κ2) is 7.99. The average molecular weight is 482 g/mol. The summed E-state index contributed by atoms with van der Waals surface area (Å²) in [5.41, 5.74) is 8.57. The van der Waals surface area contributed by atoms with E-state index in [9.17, 15) is 0 Å². The molecule has 2 saturated heterocycles. The number of anilines is 1. The van der Waals surface area contributed by atoms with Crippen LogP contribution in [0, 0.1) is 20.8 Å². The Morgan fingerprint density at radius 1 is 1.03 bits per heavy atom. The van der Waals surface area contributed by atoms with Crippen molar-refractivity contribution in [2.75, 3.05) is 18.0 Å². The number of nitrogens with one attached hydrogen (secondary N) is 1. The minimum absolute atomic E-state index is 0.266. The lowest BCUT2D eigenvalue weighted by molar-refractivity contribution is 0.0302. The number of aryl methyl sites for hydroxylation is 2. The fourth-order valence-corrected chi connectivity index (χ4v) is 5.61. The average Bonchev–Trinajstić information content (AvgIpc) is 3.66.